The van der Waals surface area contributed by atoms with Crippen LogP contribution in [0.1, 0.15) is 32.1 Å². The number of amides is 1. The highest BCUT2D eigenvalue weighted by molar-refractivity contribution is 5.80. The van der Waals surface area contributed by atoms with Gasteiger partial charge in [0, 0.05) is 12.6 Å². The average molecular weight is 225 g/mol. The zero-order valence-corrected chi connectivity index (χ0v) is 9.82. The quantitative estimate of drug-likeness (QED) is 0.585. The van der Waals surface area contributed by atoms with Gasteiger partial charge in [0.1, 0.15) is 0 Å². The molecule has 4 heteroatoms. The van der Waals surface area contributed by atoms with E-state index in [1.54, 1.807) is 0 Å². The first-order valence-electron chi connectivity index (χ1n) is 6.47. The summed E-state index contributed by atoms with van der Waals surface area (Å²) in [6, 6.07) is 0.105. The van der Waals surface area contributed by atoms with Crippen molar-refractivity contribution in [2.45, 2.75) is 38.1 Å². The second-order valence-electron chi connectivity index (χ2n) is 5.22. The van der Waals surface area contributed by atoms with Crippen LogP contribution in [0.4, 0.5) is 0 Å². The topological polar surface area (TPSA) is 81.1 Å². The van der Waals surface area contributed by atoms with Crippen molar-refractivity contribution < 1.29 is 4.79 Å². The fraction of sp³-hybridized carbons (Fsp3) is 0.917. The highest BCUT2D eigenvalue weighted by Gasteiger charge is 2.48. The summed E-state index contributed by atoms with van der Waals surface area (Å²) in [4.78, 5) is 12.0. The molecule has 92 valence electrons. The summed E-state index contributed by atoms with van der Waals surface area (Å²) in [5.41, 5.74) is 11.5. The molecular formula is C12H23N3O. The molecule has 4 atom stereocenters. The summed E-state index contributed by atoms with van der Waals surface area (Å²) in [6.45, 7) is 1.44. The lowest BCUT2D eigenvalue weighted by Gasteiger charge is -2.26. The lowest BCUT2D eigenvalue weighted by molar-refractivity contribution is -0.127. The van der Waals surface area contributed by atoms with Crippen molar-refractivity contribution in [3.8, 4) is 0 Å². The van der Waals surface area contributed by atoms with Gasteiger partial charge in [-0.15, -0.1) is 0 Å². The Kier molecular flexibility index (Phi) is 3.82. The van der Waals surface area contributed by atoms with Crippen LogP contribution in [0.2, 0.25) is 0 Å². The Hall–Kier alpha value is -0.610. The second-order valence-corrected chi connectivity index (χ2v) is 5.22. The predicted molar refractivity (Wildman–Crippen MR) is 63.6 cm³/mol. The van der Waals surface area contributed by atoms with Crippen molar-refractivity contribution in [1.82, 2.24) is 5.32 Å². The summed E-state index contributed by atoms with van der Waals surface area (Å²) >= 11 is 0. The first-order chi connectivity index (χ1) is 7.74. The van der Waals surface area contributed by atoms with Crippen molar-refractivity contribution in [2.75, 3.05) is 13.1 Å². The monoisotopic (exact) mass is 225 g/mol. The van der Waals surface area contributed by atoms with E-state index in [0.29, 0.717) is 18.4 Å². The molecule has 2 bridgehead atoms. The normalized spacial score (nSPS) is 36.6. The number of fused-ring (bicyclic) bond motifs is 2. The number of carbonyl (C=O) groups is 1. The van der Waals surface area contributed by atoms with Crippen molar-refractivity contribution in [2.24, 2.45) is 29.2 Å². The van der Waals surface area contributed by atoms with Crippen LogP contribution in [-0.4, -0.2) is 25.0 Å². The van der Waals surface area contributed by atoms with Crippen LogP contribution in [0, 0.1) is 17.8 Å². The minimum atomic E-state index is 0.0802. The number of hydrogen-bond donors (Lipinski definition) is 3. The SMILES string of the molecule is NCCCCNC(=O)C1C2CCC(C2)C1N. The van der Waals surface area contributed by atoms with Crippen molar-refractivity contribution >= 4 is 5.91 Å². The molecule has 0 radical (unpaired) electrons. The second kappa shape index (κ2) is 5.15. The van der Waals surface area contributed by atoms with E-state index in [2.05, 4.69) is 5.32 Å². The maximum atomic E-state index is 12.0. The molecule has 4 nitrogen and oxygen atoms in total. The van der Waals surface area contributed by atoms with Gasteiger partial charge in [-0.25, -0.2) is 0 Å². The number of nitrogens with two attached hydrogens (primary N) is 2. The van der Waals surface area contributed by atoms with E-state index in [1.165, 1.54) is 19.3 Å². The van der Waals surface area contributed by atoms with Crippen LogP contribution in [0.15, 0.2) is 0 Å². The smallest absolute Gasteiger partial charge is 0.224 e. The minimum Gasteiger partial charge on any atom is -0.356 e. The first kappa shape index (κ1) is 11.9. The van der Waals surface area contributed by atoms with E-state index in [0.717, 1.165) is 19.4 Å². The van der Waals surface area contributed by atoms with E-state index in [4.69, 9.17) is 11.5 Å². The minimum absolute atomic E-state index is 0.0802. The Morgan fingerprint density at radius 1 is 1.25 bits per heavy atom. The molecular weight excluding hydrogens is 202 g/mol. The van der Waals surface area contributed by atoms with Gasteiger partial charge in [0.2, 0.25) is 5.91 Å². The molecule has 2 aliphatic rings. The van der Waals surface area contributed by atoms with Gasteiger partial charge in [0.25, 0.3) is 0 Å². The molecule has 0 aromatic heterocycles. The fourth-order valence-corrected chi connectivity index (χ4v) is 3.32. The van der Waals surface area contributed by atoms with Crippen molar-refractivity contribution in [3.05, 3.63) is 0 Å². The molecule has 0 spiro atoms. The number of nitrogens with one attached hydrogen (secondary N) is 1. The van der Waals surface area contributed by atoms with Gasteiger partial charge in [0.05, 0.1) is 5.92 Å². The summed E-state index contributed by atoms with van der Waals surface area (Å²) < 4.78 is 0. The van der Waals surface area contributed by atoms with Gasteiger partial charge in [-0.2, -0.15) is 0 Å². The van der Waals surface area contributed by atoms with Gasteiger partial charge in [-0.3, -0.25) is 4.79 Å². The van der Waals surface area contributed by atoms with Crippen molar-refractivity contribution in [3.63, 3.8) is 0 Å². The third-order valence-corrected chi connectivity index (χ3v) is 4.21. The van der Waals surface area contributed by atoms with Gasteiger partial charge in [-0.05, 0) is 50.5 Å². The van der Waals surface area contributed by atoms with E-state index < -0.39 is 0 Å². The summed E-state index contributed by atoms with van der Waals surface area (Å²) in [5.74, 6) is 1.41. The molecule has 2 aliphatic carbocycles. The number of unbranched alkanes of at least 4 members (excludes halogenated alkanes) is 1. The van der Waals surface area contributed by atoms with Gasteiger partial charge < -0.3 is 16.8 Å². The summed E-state index contributed by atoms with van der Waals surface area (Å²) in [7, 11) is 0. The zero-order chi connectivity index (χ0) is 11.5. The number of carbonyl (C=O) groups excluding carboxylic acids is 1. The van der Waals surface area contributed by atoms with E-state index >= 15 is 0 Å². The molecule has 0 aliphatic heterocycles. The Labute approximate surface area is 97.1 Å². The van der Waals surface area contributed by atoms with Gasteiger partial charge in [-0.1, -0.05) is 0 Å². The highest BCUT2D eigenvalue weighted by Crippen LogP contribution is 2.47. The molecule has 1 amide bonds. The van der Waals surface area contributed by atoms with Crippen LogP contribution in [0.3, 0.4) is 0 Å². The molecule has 0 aromatic carbocycles. The molecule has 0 saturated heterocycles. The summed E-state index contributed by atoms with van der Waals surface area (Å²) in [5, 5.41) is 3.00. The molecule has 0 aromatic rings. The van der Waals surface area contributed by atoms with Crippen LogP contribution in [-0.2, 0) is 4.79 Å². The Balaban J connectivity index is 1.77. The van der Waals surface area contributed by atoms with E-state index in [1.807, 2.05) is 0 Å². The lowest BCUT2D eigenvalue weighted by atomic mass is 9.84. The molecule has 2 rings (SSSR count). The number of hydrogen-bond acceptors (Lipinski definition) is 3. The van der Waals surface area contributed by atoms with Crippen LogP contribution in [0.5, 0.6) is 0 Å². The first-order valence-corrected chi connectivity index (χ1v) is 6.47. The maximum absolute atomic E-state index is 12.0. The van der Waals surface area contributed by atoms with E-state index in [-0.39, 0.29) is 17.9 Å². The van der Waals surface area contributed by atoms with Crippen LogP contribution >= 0.6 is 0 Å². The Morgan fingerprint density at radius 2 is 2.00 bits per heavy atom. The average Bonchev–Trinajstić information content (AvgIpc) is 2.84. The van der Waals surface area contributed by atoms with Gasteiger partial charge >= 0.3 is 0 Å². The predicted octanol–water partition coefficient (Wildman–Crippen LogP) is 0.215. The maximum Gasteiger partial charge on any atom is 0.224 e. The molecule has 2 fully saturated rings. The van der Waals surface area contributed by atoms with Crippen molar-refractivity contribution in [1.29, 1.82) is 0 Å². The molecule has 16 heavy (non-hydrogen) atoms. The standard InChI is InChI=1S/C12H23N3O/c13-5-1-2-6-15-12(16)10-8-3-4-9(7-8)11(10)14/h8-11H,1-7,13-14H2,(H,15,16). The highest BCUT2D eigenvalue weighted by atomic mass is 16.1. The molecule has 2 saturated carbocycles. The molecule has 4 unspecified atom stereocenters. The van der Waals surface area contributed by atoms with E-state index in [9.17, 15) is 4.79 Å². The Morgan fingerprint density at radius 3 is 2.62 bits per heavy atom. The lowest BCUT2D eigenvalue weighted by Crippen LogP contribution is -2.45. The van der Waals surface area contributed by atoms with Crippen LogP contribution in [0.25, 0.3) is 0 Å². The number of rotatable bonds is 5. The third kappa shape index (κ3) is 2.23. The third-order valence-electron chi connectivity index (χ3n) is 4.21. The zero-order valence-electron chi connectivity index (χ0n) is 9.82. The molecule has 0 heterocycles. The molecule has 5 N–H and O–H groups in total. The Bertz CT molecular complexity index is 255. The van der Waals surface area contributed by atoms with Crippen LogP contribution < -0.4 is 16.8 Å². The summed E-state index contributed by atoms with van der Waals surface area (Å²) in [6.07, 6.45) is 5.53. The van der Waals surface area contributed by atoms with Gasteiger partial charge in [0.15, 0.2) is 0 Å². The largest absolute Gasteiger partial charge is 0.356 e. The fourth-order valence-electron chi connectivity index (χ4n) is 3.32.